The van der Waals surface area contributed by atoms with Crippen molar-refractivity contribution in [1.29, 1.82) is 0 Å². The van der Waals surface area contributed by atoms with Crippen molar-refractivity contribution in [1.82, 2.24) is 10.4 Å². The highest BCUT2D eigenvalue weighted by Crippen LogP contribution is 2.19. The van der Waals surface area contributed by atoms with Gasteiger partial charge in [0.15, 0.2) is 0 Å². The lowest BCUT2D eigenvalue weighted by Gasteiger charge is -2.11. The lowest BCUT2D eigenvalue weighted by atomic mass is 9.95. The largest absolute Gasteiger partial charge is 0.272 e. The molecule has 4 heteroatoms. The zero-order chi connectivity index (χ0) is 15.4. The Morgan fingerprint density at radius 2 is 1.86 bits per heavy atom. The van der Waals surface area contributed by atoms with Gasteiger partial charge in [-0.3, -0.25) is 9.78 Å². The lowest BCUT2D eigenvalue weighted by Crippen LogP contribution is -2.18. The van der Waals surface area contributed by atoms with Crippen molar-refractivity contribution in [3.8, 4) is 0 Å². The number of hydrogen-bond donors (Lipinski definition) is 1. The summed E-state index contributed by atoms with van der Waals surface area (Å²) in [5, 5.41) is 4.07. The van der Waals surface area contributed by atoms with Crippen molar-refractivity contribution in [2.75, 3.05) is 0 Å². The van der Waals surface area contributed by atoms with E-state index in [4.69, 9.17) is 0 Å². The molecular formula is C17H19N3O. The predicted molar refractivity (Wildman–Crippen MR) is 84.7 cm³/mol. The maximum atomic E-state index is 11.9. The van der Waals surface area contributed by atoms with Gasteiger partial charge in [0, 0.05) is 18.0 Å². The van der Waals surface area contributed by atoms with Gasteiger partial charge in [0.1, 0.15) is 0 Å². The molecule has 0 fully saturated rings. The van der Waals surface area contributed by atoms with Crippen LogP contribution in [0.15, 0.2) is 35.7 Å². The molecule has 0 bridgehead atoms. The molecule has 2 rings (SSSR count). The van der Waals surface area contributed by atoms with Crippen molar-refractivity contribution in [2.45, 2.75) is 27.7 Å². The number of pyridine rings is 1. The number of aryl methyl sites for hydroxylation is 2. The number of benzene rings is 1. The fourth-order valence-corrected chi connectivity index (χ4v) is 2.16. The minimum atomic E-state index is -0.265. The van der Waals surface area contributed by atoms with Gasteiger partial charge in [-0.2, -0.15) is 5.10 Å². The Kier molecular flexibility index (Phi) is 4.48. The summed E-state index contributed by atoms with van der Waals surface area (Å²) >= 11 is 0. The fraction of sp³-hybridized carbons (Fsp3) is 0.235. The number of nitrogens with one attached hydrogen (secondary N) is 1. The summed E-state index contributed by atoms with van der Waals surface area (Å²) in [5.41, 5.74) is 8.87. The molecule has 21 heavy (non-hydrogen) atoms. The summed E-state index contributed by atoms with van der Waals surface area (Å²) in [5.74, 6) is -0.265. The topological polar surface area (TPSA) is 54.4 Å². The van der Waals surface area contributed by atoms with Crippen molar-refractivity contribution < 1.29 is 4.79 Å². The molecule has 1 aromatic heterocycles. The Morgan fingerprint density at radius 3 is 2.43 bits per heavy atom. The van der Waals surface area contributed by atoms with Crippen molar-refractivity contribution in [2.24, 2.45) is 5.10 Å². The minimum absolute atomic E-state index is 0.265. The standard InChI is InChI=1S/C17H19N3O/c1-11-8-12(2)14(4)16(13(11)3)10-19-20-17(21)15-6-5-7-18-9-15/h5-10H,1-4H3,(H,20,21)/b19-10-. The minimum Gasteiger partial charge on any atom is -0.267 e. The molecule has 0 aliphatic rings. The molecule has 0 atom stereocenters. The summed E-state index contributed by atoms with van der Waals surface area (Å²) < 4.78 is 0. The first-order chi connectivity index (χ1) is 10.0. The first-order valence-corrected chi connectivity index (χ1v) is 6.81. The predicted octanol–water partition coefficient (Wildman–Crippen LogP) is 3.08. The fourth-order valence-electron chi connectivity index (χ4n) is 2.16. The van der Waals surface area contributed by atoms with Crippen molar-refractivity contribution in [3.05, 3.63) is 64.0 Å². The second-order valence-corrected chi connectivity index (χ2v) is 5.11. The second-order valence-electron chi connectivity index (χ2n) is 5.11. The molecule has 0 unspecified atom stereocenters. The third-order valence-corrected chi connectivity index (χ3v) is 3.71. The molecule has 1 aromatic carbocycles. The third-order valence-electron chi connectivity index (χ3n) is 3.71. The zero-order valence-electron chi connectivity index (χ0n) is 12.8. The van der Waals surface area contributed by atoms with Crippen molar-refractivity contribution in [3.63, 3.8) is 0 Å². The zero-order valence-corrected chi connectivity index (χ0v) is 12.8. The number of amides is 1. The van der Waals surface area contributed by atoms with Gasteiger partial charge < -0.3 is 0 Å². The van der Waals surface area contributed by atoms with Gasteiger partial charge in [0.25, 0.3) is 5.91 Å². The normalized spacial score (nSPS) is 10.9. The van der Waals surface area contributed by atoms with E-state index in [1.807, 2.05) is 0 Å². The molecule has 1 N–H and O–H groups in total. The number of carbonyl (C=O) groups excluding carboxylic acids is 1. The maximum absolute atomic E-state index is 11.9. The van der Waals surface area contributed by atoms with Gasteiger partial charge in [-0.05, 0) is 62.1 Å². The Labute approximate surface area is 124 Å². The molecule has 4 nitrogen and oxygen atoms in total. The molecule has 0 saturated heterocycles. The number of hydrazone groups is 1. The number of nitrogens with zero attached hydrogens (tertiary/aromatic N) is 2. The number of carbonyl (C=O) groups is 1. The lowest BCUT2D eigenvalue weighted by molar-refractivity contribution is 0.0955. The maximum Gasteiger partial charge on any atom is 0.272 e. The van der Waals surface area contributed by atoms with Gasteiger partial charge >= 0.3 is 0 Å². The second kappa shape index (κ2) is 6.31. The van der Waals surface area contributed by atoms with E-state index in [0.717, 1.165) is 5.56 Å². The Balaban J connectivity index is 2.18. The van der Waals surface area contributed by atoms with E-state index in [9.17, 15) is 4.79 Å². The molecule has 0 saturated carbocycles. The molecule has 2 aromatic rings. The quantitative estimate of drug-likeness (QED) is 0.694. The summed E-state index contributed by atoms with van der Waals surface area (Å²) in [7, 11) is 0. The first kappa shape index (κ1) is 14.9. The summed E-state index contributed by atoms with van der Waals surface area (Å²) in [4.78, 5) is 15.8. The Hall–Kier alpha value is -2.49. The summed E-state index contributed by atoms with van der Waals surface area (Å²) in [6.45, 7) is 8.28. The highest BCUT2D eigenvalue weighted by Gasteiger charge is 2.07. The van der Waals surface area contributed by atoms with Crippen LogP contribution >= 0.6 is 0 Å². The van der Waals surface area contributed by atoms with Gasteiger partial charge in [-0.15, -0.1) is 0 Å². The van der Waals surface area contributed by atoms with Crippen LogP contribution in [0.4, 0.5) is 0 Å². The molecule has 0 aliphatic heterocycles. The summed E-state index contributed by atoms with van der Waals surface area (Å²) in [6, 6.07) is 5.58. The van der Waals surface area contributed by atoms with Crippen LogP contribution in [0, 0.1) is 27.7 Å². The van der Waals surface area contributed by atoms with Crippen LogP contribution in [0.1, 0.15) is 38.2 Å². The number of hydrogen-bond acceptors (Lipinski definition) is 3. The van der Waals surface area contributed by atoms with Gasteiger partial charge in [0.05, 0.1) is 11.8 Å². The van der Waals surface area contributed by atoms with Crippen molar-refractivity contribution >= 4 is 12.1 Å². The van der Waals surface area contributed by atoms with Crippen LogP contribution in [-0.2, 0) is 0 Å². The van der Waals surface area contributed by atoms with Gasteiger partial charge in [-0.25, -0.2) is 5.43 Å². The molecule has 0 radical (unpaired) electrons. The SMILES string of the molecule is Cc1cc(C)c(C)c(/C=N\NC(=O)c2cccnc2)c1C. The monoisotopic (exact) mass is 281 g/mol. The van der Waals surface area contributed by atoms with Crippen LogP contribution < -0.4 is 5.43 Å². The van der Waals surface area contributed by atoms with E-state index >= 15 is 0 Å². The van der Waals surface area contributed by atoms with E-state index in [1.165, 1.54) is 28.5 Å². The van der Waals surface area contributed by atoms with E-state index in [-0.39, 0.29) is 5.91 Å². The van der Waals surface area contributed by atoms with Crippen LogP contribution in [0.3, 0.4) is 0 Å². The molecule has 108 valence electrons. The highest BCUT2D eigenvalue weighted by atomic mass is 16.2. The molecule has 1 heterocycles. The number of rotatable bonds is 3. The Bertz CT molecular complexity index is 665. The van der Waals surface area contributed by atoms with Crippen LogP contribution in [0.25, 0.3) is 0 Å². The molecule has 0 aliphatic carbocycles. The van der Waals surface area contributed by atoms with E-state index in [0.29, 0.717) is 5.56 Å². The van der Waals surface area contributed by atoms with Gasteiger partial charge in [-0.1, -0.05) is 6.07 Å². The smallest absolute Gasteiger partial charge is 0.267 e. The van der Waals surface area contributed by atoms with Crippen LogP contribution in [0.5, 0.6) is 0 Å². The van der Waals surface area contributed by atoms with E-state index in [2.05, 4.69) is 49.3 Å². The van der Waals surface area contributed by atoms with Crippen LogP contribution in [-0.4, -0.2) is 17.1 Å². The molecular weight excluding hydrogens is 262 g/mol. The average molecular weight is 281 g/mol. The van der Waals surface area contributed by atoms with E-state index < -0.39 is 0 Å². The molecule has 1 amide bonds. The summed E-state index contributed by atoms with van der Waals surface area (Å²) in [6.07, 6.45) is 4.85. The highest BCUT2D eigenvalue weighted by molar-refractivity contribution is 5.94. The number of aromatic nitrogens is 1. The third kappa shape index (κ3) is 3.34. The van der Waals surface area contributed by atoms with Gasteiger partial charge in [0.2, 0.25) is 0 Å². The average Bonchev–Trinajstić information content (AvgIpc) is 2.49. The Morgan fingerprint density at radius 1 is 1.19 bits per heavy atom. The molecule has 0 spiro atoms. The first-order valence-electron chi connectivity index (χ1n) is 6.81. The van der Waals surface area contributed by atoms with Crippen LogP contribution in [0.2, 0.25) is 0 Å². The van der Waals surface area contributed by atoms with E-state index in [1.54, 1.807) is 24.5 Å².